The molecule has 0 spiro atoms. The fourth-order valence-electron chi connectivity index (χ4n) is 4.53. The molecule has 1 aromatic carbocycles. The predicted molar refractivity (Wildman–Crippen MR) is 131 cm³/mol. The highest BCUT2D eigenvalue weighted by Crippen LogP contribution is 2.38. The van der Waals surface area contributed by atoms with E-state index in [4.69, 9.17) is 4.74 Å². The Morgan fingerprint density at radius 3 is 2.49 bits per heavy atom. The van der Waals surface area contributed by atoms with Gasteiger partial charge in [0, 0.05) is 31.2 Å². The predicted octanol–water partition coefficient (Wildman–Crippen LogP) is 6.30. The lowest BCUT2D eigenvalue weighted by Gasteiger charge is -2.40. The zero-order valence-corrected chi connectivity index (χ0v) is 21.2. The van der Waals surface area contributed by atoms with E-state index in [-0.39, 0.29) is 29.6 Å². The second-order valence-corrected chi connectivity index (χ2v) is 10.3. The van der Waals surface area contributed by atoms with Crippen LogP contribution in [0.4, 0.5) is 29.7 Å². The maximum atomic E-state index is 13.1. The normalized spacial score (nSPS) is 19.5. The molecule has 0 unspecified atom stereocenters. The standard InChI is InChI=1S/C24H33F3N4O3S/c1-14(2)13-31(17-6-8-18(34-4)9-7-17)20-10-5-16(15(3)11-21(32)33)12-19(20)28-23-29-22(30-35-23)24(25,26)27/h5,10,12,14-15,17-18H,6-9,11,13H2,1-4H3,(H,32,33)(H,28,29,30)/t15-,17-,18-/m1/s1. The number of rotatable bonds is 10. The Balaban J connectivity index is 1.99. The monoisotopic (exact) mass is 514 g/mol. The highest BCUT2D eigenvalue weighted by Gasteiger charge is 2.36. The van der Waals surface area contributed by atoms with Crippen molar-refractivity contribution in [1.29, 1.82) is 0 Å². The first-order chi connectivity index (χ1) is 16.5. The Kier molecular flexibility index (Phi) is 8.98. The van der Waals surface area contributed by atoms with Crippen LogP contribution in [0.3, 0.4) is 0 Å². The van der Waals surface area contributed by atoms with Gasteiger partial charge in [-0.2, -0.15) is 22.5 Å². The minimum Gasteiger partial charge on any atom is -0.481 e. The van der Waals surface area contributed by atoms with Gasteiger partial charge in [-0.3, -0.25) is 4.79 Å². The fraction of sp³-hybridized carbons (Fsp3) is 0.625. The molecule has 0 aliphatic heterocycles. The molecule has 1 heterocycles. The zero-order valence-electron chi connectivity index (χ0n) is 20.4. The molecule has 2 N–H and O–H groups in total. The van der Waals surface area contributed by atoms with Gasteiger partial charge in [0.05, 0.1) is 23.9 Å². The average Bonchev–Trinajstić information content (AvgIpc) is 3.26. The lowest BCUT2D eigenvalue weighted by atomic mass is 9.90. The number of aliphatic carboxylic acids is 1. The van der Waals surface area contributed by atoms with Gasteiger partial charge in [-0.15, -0.1) is 0 Å². The van der Waals surface area contributed by atoms with Crippen LogP contribution >= 0.6 is 11.5 Å². The SMILES string of the molecule is CO[C@H]1CC[C@H](N(CC(C)C)c2ccc([C@H](C)CC(=O)O)cc2Nc2nc(C(F)(F)F)ns2)CC1. The van der Waals surface area contributed by atoms with Crippen LogP contribution in [0.2, 0.25) is 0 Å². The van der Waals surface area contributed by atoms with Crippen LogP contribution in [0.5, 0.6) is 0 Å². The highest BCUT2D eigenvalue weighted by atomic mass is 32.1. The number of carbonyl (C=O) groups is 1. The summed E-state index contributed by atoms with van der Waals surface area (Å²) in [6.07, 6.45) is -0.661. The van der Waals surface area contributed by atoms with Gasteiger partial charge in [0.2, 0.25) is 11.0 Å². The molecule has 0 bridgehead atoms. The minimum atomic E-state index is -4.62. The van der Waals surface area contributed by atoms with Crippen molar-refractivity contribution in [2.24, 2.45) is 5.92 Å². The van der Waals surface area contributed by atoms with Crippen molar-refractivity contribution in [3.05, 3.63) is 29.6 Å². The summed E-state index contributed by atoms with van der Waals surface area (Å²) in [6, 6.07) is 5.92. The first-order valence-corrected chi connectivity index (χ1v) is 12.6. The molecule has 2 aromatic rings. The van der Waals surface area contributed by atoms with Gasteiger partial charge in [-0.25, -0.2) is 0 Å². The second-order valence-electron chi connectivity index (χ2n) is 9.53. The summed E-state index contributed by atoms with van der Waals surface area (Å²) in [7, 11) is 1.73. The van der Waals surface area contributed by atoms with Crippen LogP contribution in [0, 0.1) is 5.92 Å². The zero-order chi connectivity index (χ0) is 25.8. The van der Waals surface area contributed by atoms with Gasteiger partial charge in [-0.05, 0) is 55.2 Å². The molecule has 1 atom stereocenters. The van der Waals surface area contributed by atoms with Crippen LogP contribution in [0.1, 0.15) is 70.2 Å². The number of nitrogens with zero attached hydrogens (tertiary/aromatic N) is 3. The van der Waals surface area contributed by atoms with E-state index in [0.29, 0.717) is 23.1 Å². The molecule has 1 aromatic heterocycles. The van der Waals surface area contributed by atoms with Gasteiger partial charge in [0.25, 0.3) is 0 Å². The van der Waals surface area contributed by atoms with Gasteiger partial charge < -0.3 is 20.1 Å². The van der Waals surface area contributed by atoms with E-state index in [1.54, 1.807) is 7.11 Å². The van der Waals surface area contributed by atoms with E-state index >= 15 is 0 Å². The molecule has 3 rings (SSSR count). The number of carboxylic acids is 1. The van der Waals surface area contributed by atoms with Crippen LogP contribution in [-0.2, 0) is 15.7 Å². The summed E-state index contributed by atoms with van der Waals surface area (Å²) in [4.78, 5) is 17.2. The average molecular weight is 515 g/mol. The Morgan fingerprint density at radius 1 is 1.26 bits per heavy atom. The van der Waals surface area contributed by atoms with Gasteiger partial charge in [0.15, 0.2) is 0 Å². The number of anilines is 3. The summed E-state index contributed by atoms with van der Waals surface area (Å²) in [5.41, 5.74) is 2.24. The molecule has 0 amide bonds. The molecule has 11 heteroatoms. The van der Waals surface area contributed by atoms with Crippen molar-refractivity contribution >= 4 is 34.0 Å². The molecular formula is C24H33F3N4O3S. The topological polar surface area (TPSA) is 87.6 Å². The van der Waals surface area contributed by atoms with Crippen molar-refractivity contribution < 1.29 is 27.8 Å². The minimum absolute atomic E-state index is 0.0363. The third kappa shape index (κ3) is 7.30. The Labute approximate surface area is 207 Å². The largest absolute Gasteiger partial charge is 0.481 e. The fourth-order valence-corrected chi connectivity index (χ4v) is 5.13. The maximum absolute atomic E-state index is 13.1. The lowest BCUT2D eigenvalue weighted by molar-refractivity contribution is -0.144. The Bertz CT molecular complexity index is 991. The van der Waals surface area contributed by atoms with E-state index in [0.717, 1.165) is 43.5 Å². The third-order valence-electron chi connectivity index (χ3n) is 6.28. The van der Waals surface area contributed by atoms with Crippen LogP contribution in [0.25, 0.3) is 0 Å². The number of ether oxygens (including phenoxy) is 1. The summed E-state index contributed by atoms with van der Waals surface area (Å²) in [6.45, 7) is 6.84. The molecule has 1 fully saturated rings. The molecule has 1 aliphatic rings. The van der Waals surface area contributed by atoms with Crippen molar-refractivity contribution in [1.82, 2.24) is 9.36 Å². The molecule has 1 saturated carbocycles. The van der Waals surface area contributed by atoms with Crippen LogP contribution in [0.15, 0.2) is 18.2 Å². The number of alkyl halides is 3. The summed E-state index contributed by atoms with van der Waals surface area (Å²) < 4.78 is 48.2. The van der Waals surface area contributed by atoms with E-state index in [1.807, 2.05) is 25.1 Å². The highest BCUT2D eigenvalue weighted by molar-refractivity contribution is 7.09. The molecule has 7 nitrogen and oxygen atoms in total. The molecule has 1 aliphatic carbocycles. The number of carboxylic acid groups (broad SMARTS) is 1. The number of benzene rings is 1. The van der Waals surface area contributed by atoms with E-state index in [9.17, 15) is 23.1 Å². The van der Waals surface area contributed by atoms with Crippen LogP contribution in [-0.4, -0.2) is 46.2 Å². The van der Waals surface area contributed by atoms with E-state index < -0.39 is 18.0 Å². The third-order valence-corrected chi connectivity index (χ3v) is 6.91. The van der Waals surface area contributed by atoms with Crippen LogP contribution < -0.4 is 10.2 Å². The van der Waals surface area contributed by atoms with Crippen molar-refractivity contribution in [2.45, 2.75) is 77.1 Å². The summed E-state index contributed by atoms with van der Waals surface area (Å²) in [5.74, 6) is -2.00. The van der Waals surface area contributed by atoms with Crippen molar-refractivity contribution in [3.8, 4) is 0 Å². The first kappa shape index (κ1) is 27.2. The number of halogens is 3. The molecule has 0 saturated heterocycles. The molecule has 0 radical (unpaired) electrons. The van der Waals surface area contributed by atoms with E-state index in [2.05, 4.69) is 33.4 Å². The lowest BCUT2D eigenvalue weighted by Crippen LogP contribution is -2.41. The quantitative estimate of drug-likeness (QED) is 0.385. The Morgan fingerprint density at radius 2 is 1.94 bits per heavy atom. The number of methoxy groups -OCH3 is 1. The van der Waals surface area contributed by atoms with Gasteiger partial charge in [-0.1, -0.05) is 26.8 Å². The molecule has 35 heavy (non-hydrogen) atoms. The summed E-state index contributed by atoms with van der Waals surface area (Å²) in [5, 5.41) is 12.3. The first-order valence-electron chi connectivity index (χ1n) is 11.8. The number of hydrogen-bond acceptors (Lipinski definition) is 7. The number of aromatic nitrogens is 2. The maximum Gasteiger partial charge on any atom is 0.452 e. The molecule has 194 valence electrons. The van der Waals surface area contributed by atoms with Crippen molar-refractivity contribution in [2.75, 3.05) is 23.9 Å². The van der Waals surface area contributed by atoms with Crippen molar-refractivity contribution in [3.63, 3.8) is 0 Å². The number of hydrogen-bond donors (Lipinski definition) is 2. The smallest absolute Gasteiger partial charge is 0.452 e. The summed E-state index contributed by atoms with van der Waals surface area (Å²) >= 11 is 0.648. The second kappa shape index (κ2) is 11.6. The molecular weight excluding hydrogens is 481 g/mol. The van der Waals surface area contributed by atoms with Gasteiger partial charge >= 0.3 is 12.1 Å². The van der Waals surface area contributed by atoms with E-state index in [1.165, 1.54) is 0 Å². The number of nitrogens with one attached hydrogen (secondary N) is 1. The Hall–Kier alpha value is -2.40. The van der Waals surface area contributed by atoms with Gasteiger partial charge in [0.1, 0.15) is 0 Å².